The Morgan fingerprint density at radius 2 is 1.57 bits per heavy atom. The number of benzene rings is 3. The predicted molar refractivity (Wildman–Crippen MR) is 115 cm³/mol. The van der Waals surface area contributed by atoms with E-state index in [2.05, 4.69) is 79.0 Å². The summed E-state index contributed by atoms with van der Waals surface area (Å²) in [5.74, 6) is 1.08. The molecule has 0 aliphatic heterocycles. The normalized spacial score (nSPS) is 11.7. The van der Waals surface area contributed by atoms with Crippen LogP contribution in [0.4, 0.5) is 0 Å². The van der Waals surface area contributed by atoms with Gasteiger partial charge in [-0.2, -0.15) is 0 Å². The van der Waals surface area contributed by atoms with Gasteiger partial charge in [0, 0.05) is 25.1 Å². The molecule has 3 aromatic carbocycles. The first-order valence-electron chi connectivity index (χ1n) is 9.67. The second-order valence-corrected chi connectivity index (χ2v) is 7.50. The fourth-order valence-corrected chi connectivity index (χ4v) is 3.96. The molecule has 5 aromatic rings. The molecule has 0 N–H and O–H groups in total. The fraction of sp³-hybridized carbons (Fsp3) is 0.208. The monoisotopic (exact) mass is 366 g/mol. The highest BCUT2D eigenvalue weighted by Gasteiger charge is 2.12. The van der Waals surface area contributed by atoms with Crippen LogP contribution in [0.5, 0.6) is 0 Å². The van der Waals surface area contributed by atoms with Crippen LogP contribution in [0, 0.1) is 13.8 Å². The van der Waals surface area contributed by atoms with Crippen molar-refractivity contribution in [3.8, 4) is 0 Å². The van der Waals surface area contributed by atoms with Crippen molar-refractivity contribution in [2.45, 2.75) is 26.7 Å². The summed E-state index contributed by atoms with van der Waals surface area (Å²) in [6.45, 7) is 4.18. The van der Waals surface area contributed by atoms with Gasteiger partial charge < -0.3 is 4.57 Å². The molecule has 0 amide bonds. The van der Waals surface area contributed by atoms with Crippen LogP contribution in [0.2, 0.25) is 0 Å². The van der Waals surface area contributed by atoms with Crippen molar-refractivity contribution >= 4 is 32.8 Å². The smallest absolute Gasteiger partial charge is 0.110 e. The molecule has 0 spiro atoms. The molecule has 0 unspecified atom stereocenters. The van der Waals surface area contributed by atoms with Crippen molar-refractivity contribution in [2.24, 2.45) is 7.05 Å². The first-order valence-corrected chi connectivity index (χ1v) is 9.67. The van der Waals surface area contributed by atoms with Crippen molar-refractivity contribution in [2.75, 3.05) is 0 Å². The minimum Gasteiger partial charge on any atom is -0.331 e. The largest absolute Gasteiger partial charge is 0.331 e. The van der Waals surface area contributed by atoms with E-state index < -0.39 is 0 Å². The summed E-state index contributed by atoms with van der Waals surface area (Å²) in [4.78, 5) is 14.5. The van der Waals surface area contributed by atoms with Crippen molar-refractivity contribution in [3.05, 3.63) is 77.4 Å². The Morgan fingerprint density at radius 3 is 2.43 bits per heavy atom. The Hall–Kier alpha value is -3.27. The highest BCUT2D eigenvalue weighted by atomic mass is 15.1. The lowest BCUT2D eigenvalue weighted by Crippen LogP contribution is -2.03. The first-order chi connectivity index (χ1) is 13.6. The predicted octanol–water partition coefficient (Wildman–Crippen LogP) is 5.07. The molecule has 5 rings (SSSR count). The molecular formula is C24H22N4. The van der Waals surface area contributed by atoms with Crippen LogP contribution in [0.1, 0.15) is 22.6 Å². The Balaban J connectivity index is 1.51. The van der Waals surface area contributed by atoms with Gasteiger partial charge in [0.1, 0.15) is 5.82 Å². The van der Waals surface area contributed by atoms with Gasteiger partial charge in [0.05, 0.1) is 27.8 Å². The maximum Gasteiger partial charge on any atom is 0.110 e. The average Bonchev–Trinajstić information content (AvgIpc) is 3.05. The minimum atomic E-state index is 0.825. The second-order valence-electron chi connectivity index (χ2n) is 7.50. The number of rotatable bonds is 3. The van der Waals surface area contributed by atoms with Crippen molar-refractivity contribution in [1.29, 1.82) is 0 Å². The molecule has 2 aromatic heterocycles. The lowest BCUT2D eigenvalue weighted by atomic mass is 10.1. The van der Waals surface area contributed by atoms with E-state index in [1.807, 2.05) is 6.20 Å². The number of fused-ring (bicyclic) bond motifs is 4. The van der Waals surface area contributed by atoms with E-state index >= 15 is 0 Å². The summed E-state index contributed by atoms with van der Waals surface area (Å²) < 4.78 is 2.20. The van der Waals surface area contributed by atoms with Crippen LogP contribution in [0.25, 0.3) is 32.8 Å². The summed E-state index contributed by atoms with van der Waals surface area (Å²) in [5.41, 5.74) is 7.60. The summed E-state index contributed by atoms with van der Waals surface area (Å²) >= 11 is 0. The minimum absolute atomic E-state index is 0.825. The highest BCUT2D eigenvalue weighted by molar-refractivity contribution is 6.04. The van der Waals surface area contributed by atoms with Gasteiger partial charge >= 0.3 is 0 Å². The zero-order chi connectivity index (χ0) is 19.3. The van der Waals surface area contributed by atoms with Crippen LogP contribution < -0.4 is 0 Å². The van der Waals surface area contributed by atoms with Gasteiger partial charge in [-0.05, 0) is 42.8 Å². The number of hydrogen-bond acceptors (Lipinski definition) is 3. The Morgan fingerprint density at radius 1 is 0.786 bits per heavy atom. The first kappa shape index (κ1) is 16.9. The molecule has 0 fully saturated rings. The van der Waals surface area contributed by atoms with E-state index in [0.717, 1.165) is 40.9 Å². The van der Waals surface area contributed by atoms with E-state index in [-0.39, 0.29) is 0 Å². The maximum atomic E-state index is 4.96. The Kier molecular flexibility index (Phi) is 3.86. The molecular weight excluding hydrogens is 344 g/mol. The summed E-state index contributed by atoms with van der Waals surface area (Å²) in [6, 6.07) is 17.0. The van der Waals surface area contributed by atoms with Gasteiger partial charge in [-0.25, -0.2) is 9.97 Å². The molecule has 0 saturated heterocycles. The van der Waals surface area contributed by atoms with E-state index in [9.17, 15) is 0 Å². The number of hydrogen-bond donors (Lipinski definition) is 0. The van der Waals surface area contributed by atoms with Gasteiger partial charge in [-0.1, -0.05) is 42.5 Å². The third-order valence-corrected chi connectivity index (χ3v) is 5.63. The standard InChI is InChI=1S/C24H22N4/c1-15-8-9-16(2)23-22(15)25-14-18(26-23)11-13-21-27-24-19-7-5-4-6-17(19)10-12-20(24)28(21)3/h4-10,12,14H,11,13H2,1-3H3. The fourth-order valence-electron chi connectivity index (χ4n) is 3.96. The summed E-state index contributed by atoms with van der Waals surface area (Å²) in [5, 5.41) is 2.43. The second kappa shape index (κ2) is 6.41. The zero-order valence-corrected chi connectivity index (χ0v) is 16.4. The van der Waals surface area contributed by atoms with E-state index in [0.29, 0.717) is 0 Å². The molecule has 0 aliphatic carbocycles. The van der Waals surface area contributed by atoms with Crippen molar-refractivity contribution in [1.82, 2.24) is 19.5 Å². The molecule has 4 heteroatoms. The van der Waals surface area contributed by atoms with E-state index in [1.165, 1.54) is 27.4 Å². The number of nitrogens with zero attached hydrogens (tertiary/aromatic N) is 4. The maximum absolute atomic E-state index is 4.96. The topological polar surface area (TPSA) is 43.6 Å². The van der Waals surface area contributed by atoms with Crippen molar-refractivity contribution in [3.63, 3.8) is 0 Å². The molecule has 0 saturated carbocycles. The molecule has 0 bridgehead atoms. The van der Waals surface area contributed by atoms with Crippen LogP contribution in [0.15, 0.2) is 54.7 Å². The third-order valence-electron chi connectivity index (χ3n) is 5.63. The van der Waals surface area contributed by atoms with E-state index in [4.69, 9.17) is 9.97 Å². The highest BCUT2D eigenvalue weighted by Crippen LogP contribution is 2.26. The third kappa shape index (κ3) is 2.64. The zero-order valence-electron chi connectivity index (χ0n) is 16.4. The van der Waals surface area contributed by atoms with Gasteiger partial charge in [-0.3, -0.25) is 4.98 Å². The lowest BCUT2D eigenvalue weighted by Gasteiger charge is -2.07. The number of imidazole rings is 1. The average molecular weight is 366 g/mol. The van der Waals surface area contributed by atoms with E-state index in [1.54, 1.807) is 0 Å². The quantitative estimate of drug-likeness (QED) is 0.448. The summed E-state index contributed by atoms with van der Waals surface area (Å²) in [7, 11) is 2.10. The van der Waals surface area contributed by atoms with Crippen LogP contribution >= 0.6 is 0 Å². The molecule has 28 heavy (non-hydrogen) atoms. The molecule has 4 nitrogen and oxygen atoms in total. The lowest BCUT2D eigenvalue weighted by molar-refractivity contribution is 0.775. The van der Waals surface area contributed by atoms with Gasteiger partial charge in [0.15, 0.2) is 0 Å². The van der Waals surface area contributed by atoms with Gasteiger partial charge in [0.2, 0.25) is 0 Å². The molecule has 0 aliphatic rings. The van der Waals surface area contributed by atoms with Crippen LogP contribution in [0.3, 0.4) is 0 Å². The van der Waals surface area contributed by atoms with Crippen LogP contribution in [-0.2, 0) is 19.9 Å². The molecule has 138 valence electrons. The number of aromatic nitrogens is 4. The molecule has 2 heterocycles. The van der Waals surface area contributed by atoms with Crippen molar-refractivity contribution < 1.29 is 0 Å². The Labute approximate surface area is 163 Å². The Bertz CT molecular complexity index is 1350. The van der Waals surface area contributed by atoms with Gasteiger partial charge in [-0.15, -0.1) is 0 Å². The number of aryl methyl sites for hydroxylation is 5. The molecule has 0 atom stereocenters. The summed E-state index contributed by atoms with van der Waals surface area (Å²) in [6.07, 6.45) is 3.57. The SMILES string of the molecule is Cc1ccc(C)c2nc(CCc3nc4c5ccccc5ccc4n3C)cnc12. The van der Waals surface area contributed by atoms with Crippen LogP contribution in [-0.4, -0.2) is 19.5 Å². The van der Waals surface area contributed by atoms with Gasteiger partial charge in [0.25, 0.3) is 0 Å². The molecule has 0 radical (unpaired) electrons.